The molecule has 2 aromatic heterocycles. The molecule has 0 aliphatic heterocycles. The Hall–Kier alpha value is -2.45. The molecule has 0 amide bonds. The minimum atomic E-state index is -4.56. The lowest BCUT2D eigenvalue weighted by molar-refractivity contribution is 0.156. The number of hydrogen-bond donors (Lipinski definition) is 1. The molecule has 114 valence electrons. The molecule has 0 unspecified atom stereocenters. The number of aromatic nitrogens is 2. The normalized spacial score (nSPS) is 12.0. The van der Waals surface area contributed by atoms with E-state index in [0.29, 0.717) is 10.9 Å². The van der Waals surface area contributed by atoms with Gasteiger partial charge in [0.25, 0.3) is 15.7 Å². The van der Waals surface area contributed by atoms with Crippen LogP contribution in [-0.2, 0) is 10.1 Å². The predicted octanol–water partition coefficient (Wildman–Crippen LogP) is 1.16. The van der Waals surface area contributed by atoms with E-state index in [-0.39, 0.29) is 10.9 Å². The molecule has 0 saturated carbocycles. The molecule has 3 aromatic rings. The zero-order valence-corrected chi connectivity index (χ0v) is 12.6. The third-order valence-corrected chi connectivity index (χ3v) is 4.28. The van der Waals surface area contributed by atoms with E-state index in [1.54, 1.807) is 6.07 Å². The maximum Gasteiger partial charge on any atom is 0.298 e. The van der Waals surface area contributed by atoms with Crippen molar-refractivity contribution in [2.24, 2.45) is 0 Å². The van der Waals surface area contributed by atoms with E-state index in [1.165, 1.54) is 13.2 Å². The van der Waals surface area contributed by atoms with Gasteiger partial charge < -0.3 is 4.84 Å². The van der Waals surface area contributed by atoms with Crippen LogP contribution in [0.5, 0.6) is 0 Å². The van der Waals surface area contributed by atoms with Crippen molar-refractivity contribution in [3.05, 3.63) is 46.4 Å². The molecule has 0 bridgehead atoms. The molecule has 8 heteroatoms. The molecule has 0 atom stereocenters. The fourth-order valence-electron chi connectivity index (χ4n) is 2.37. The van der Waals surface area contributed by atoms with Crippen molar-refractivity contribution in [3.8, 4) is 0 Å². The number of para-hydroxylation sites is 1. The summed E-state index contributed by atoms with van der Waals surface area (Å²) < 4.78 is 33.3. The molecule has 0 saturated heterocycles. The SMILES string of the molecule is COn1cc(S(=O)(=O)O)c2nc3c(C)cccc3cc2c1=O. The Morgan fingerprint density at radius 2 is 2.00 bits per heavy atom. The van der Waals surface area contributed by atoms with Gasteiger partial charge in [0.2, 0.25) is 0 Å². The quantitative estimate of drug-likeness (QED) is 0.562. The predicted molar refractivity (Wildman–Crippen MR) is 80.6 cm³/mol. The first-order valence-electron chi connectivity index (χ1n) is 6.30. The van der Waals surface area contributed by atoms with Crippen LogP contribution in [-0.4, -0.2) is 29.8 Å². The maximum absolute atomic E-state index is 12.3. The first-order valence-corrected chi connectivity index (χ1v) is 7.74. The van der Waals surface area contributed by atoms with E-state index in [1.807, 2.05) is 19.1 Å². The van der Waals surface area contributed by atoms with Gasteiger partial charge in [-0.25, -0.2) is 4.98 Å². The average molecular weight is 320 g/mol. The summed E-state index contributed by atoms with van der Waals surface area (Å²) in [5.41, 5.74) is 0.759. The van der Waals surface area contributed by atoms with Gasteiger partial charge >= 0.3 is 0 Å². The molecule has 2 heterocycles. The Bertz CT molecular complexity index is 1070. The van der Waals surface area contributed by atoms with E-state index in [4.69, 9.17) is 4.84 Å². The largest absolute Gasteiger partial charge is 0.414 e. The lowest BCUT2D eigenvalue weighted by Crippen LogP contribution is -2.26. The number of hydrogen-bond acceptors (Lipinski definition) is 5. The van der Waals surface area contributed by atoms with E-state index in [9.17, 15) is 17.8 Å². The highest BCUT2D eigenvalue weighted by atomic mass is 32.2. The van der Waals surface area contributed by atoms with Crippen molar-refractivity contribution in [3.63, 3.8) is 0 Å². The Kier molecular flexibility index (Phi) is 3.15. The number of benzene rings is 1. The molecule has 0 aliphatic rings. The van der Waals surface area contributed by atoms with Crippen LogP contribution in [0.15, 0.2) is 40.2 Å². The second-order valence-electron chi connectivity index (χ2n) is 4.81. The van der Waals surface area contributed by atoms with E-state index >= 15 is 0 Å². The fourth-order valence-corrected chi connectivity index (χ4v) is 3.00. The van der Waals surface area contributed by atoms with Gasteiger partial charge in [-0.05, 0) is 18.6 Å². The van der Waals surface area contributed by atoms with Gasteiger partial charge in [0.1, 0.15) is 12.0 Å². The van der Waals surface area contributed by atoms with Crippen LogP contribution in [0.1, 0.15) is 5.56 Å². The molecular weight excluding hydrogens is 308 g/mol. The van der Waals surface area contributed by atoms with Gasteiger partial charge in [0, 0.05) is 5.39 Å². The Morgan fingerprint density at radius 3 is 2.64 bits per heavy atom. The minimum Gasteiger partial charge on any atom is -0.414 e. The van der Waals surface area contributed by atoms with Crippen molar-refractivity contribution < 1.29 is 17.8 Å². The van der Waals surface area contributed by atoms with E-state index < -0.39 is 20.6 Å². The van der Waals surface area contributed by atoms with Crippen molar-refractivity contribution >= 4 is 31.9 Å². The topological polar surface area (TPSA) is 98.5 Å². The van der Waals surface area contributed by atoms with Gasteiger partial charge in [-0.3, -0.25) is 9.35 Å². The van der Waals surface area contributed by atoms with Crippen molar-refractivity contribution in [1.82, 2.24) is 9.71 Å². The Morgan fingerprint density at radius 1 is 1.27 bits per heavy atom. The minimum absolute atomic E-state index is 0.0510. The first-order chi connectivity index (χ1) is 10.3. The fraction of sp³-hybridized carbons (Fsp3) is 0.143. The molecular formula is C14H12N2O5S. The molecule has 0 spiro atoms. The second kappa shape index (κ2) is 4.79. The number of fused-ring (bicyclic) bond motifs is 2. The summed E-state index contributed by atoms with van der Waals surface area (Å²) in [6.07, 6.45) is 0.914. The number of rotatable bonds is 2. The number of pyridine rings is 2. The molecule has 1 N–H and O–H groups in total. The summed E-state index contributed by atoms with van der Waals surface area (Å²) in [4.78, 5) is 20.9. The van der Waals surface area contributed by atoms with Crippen LogP contribution in [0.4, 0.5) is 0 Å². The monoisotopic (exact) mass is 320 g/mol. The van der Waals surface area contributed by atoms with Gasteiger partial charge in [-0.2, -0.15) is 13.1 Å². The zero-order valence-electron chi connectivity index (χ0n) is 11.8. The highest BCUT2D eigenvalue weighted by molar-refractivity contribution is 7.86. The van der Waals surface area contributed by atoms with Crippen LogP contribution in [0.2, 0.25) is 0 Å². The third-order valence-electron chi connectivity index (χ3n) is 3.42. The molecule has 0 radical (unpaired) electrons. The van der Waals surface area contributed by atoms with E-state index in [2.05, 4.69) is 4.98 Å². The smallest absolute Gasteiger partial charge is 0.298 e. The molecule has 3 rings (SSSR count). The second-order valence-corrected chi connectivity index (χ2v) is 6.20. The maximum atomic E-state index is 12.3. The molecule has 0 fully saturated rings. The van der Waals surface area contributed by atoms with Gasteiger partial charge in [0.15, 0.2) is 0 Å². The van der Waals surface area contributed by atoms with Crippen LogP contribution in [0, 0.1) is 6.92 Å². The Balaban J connectivity index is 2.62. The lowest BCUT2D eigenvalue weighted by Gasteiger charge is -2.10. The van der Waals surface area contributed by atoms with Crippen molar-refractivity contribution in [2.45, 2.75) is 11.8 Å². The van der Waals surface area contributed by atoms with Crippen molar-refractivity contribution in [2.75, 3.05) is 7.11 Å². The summed E-state index contributed by atoms with van der Waals surface area (Å²) in [5, 5.41) is 0.745. The lowest BCUT2D eigenvalue weighted by atomic mass is 10.1. The molecule has 0 aliphatic carbocycles. The molecule has 1 aromatic carbocycles. The summed E-state index contributed by atoms with van der Waals surface area (Å²) >= 11 is 0. The summed E-state index contributed by atoms with van der Waals surface area (Å²) in [6, 6.07) is 6.94. The van der Waals surface area contributed by atoms with Gasteiger partial charge in [0.05, 0.1) is 22.6 Å². The summed E-state index contributed by atoms with van der Waals surface area (Å²) in [5.74, 6) is 0. The standard InChI is InChI=1S/C14H12N2O5S/c1-8-4-3-5-9-6-10-13(15-12(8)9)11(22(18,19)20)7-16(21-2)14(10)17/h3-7H,1-2H3,(H,18,19,20). The van der Waals surface area contributed by atoms with Gasteiger partial charge in [-0.15, -0.1) is 0 Å². The van der Waals surface area contributed by atoms with Crippen LogP contribution >= 0.6 is 0 Å². The average Bonchev–Trinajstić information content (AvgIpc) is 2.46. The Labute approximate surface area is 125 Å². The van der Waals surface area contributed by atoms with Gasteiger partial charge in [-0.1, -0.05) is 18.2 Å². The summed E-state index contributed by atoms with van der Waals surface area (Å²) in [6.45, 7) is 1.82. The highest BCUT2D eigenvalue weighted by Gasteiger charge is 2.20. The summed E-state index contributed by atoms with van der Waals surface area (Å²) in [7, 11) is -3.34. The molecule has 7 nitrogen and oxygen atoms in total. The highest BCUT2D eigenvalue weighted by Crippen LogP contribution is 2.24. The number of aryl methyl sites for hydroxylation is 1. The van der Waals surface area contributed by atoms with E-state index in [0.717, 1.165) is 16.5 Å². The zero-order chi connectivity index (χ0) is 16.1. The first kappa shape index (κ1) is 14.5. The molecule has 22 heavy (non-hydrogen) atoms. The van der Waals surface area contributed by atoms with Crippen LogP contribution < -0.4 is 10.4 Å². The van der Waals surface area contributed by atoms with Crippen molar-refractivity contribution in [1.29, 1.82) is 0 Å². The van der Waals surface area contributed by atoms with Crippen LogP contribution in [0.25, 0.3) is 21.8 Å². The van der Waals surface area contributed by atoms with Crippen LogP contribution in [0.3, 0.4) is 0 Å². The number of nitrogens with zero attached hydrogens (tertiary/aromatic N) is 2. The third kappa shape index (κ3) is 2.13.